The third kappa shape index (κ3) is 3.59. The monoisotopic (exact) mass is 307 g/mol. The van der Waals surface area contributed by atoms with Crippen LogP contribution in [-0.4, -0.2) is 15.7 Å². The summed E-state index contributed by atoms with van der Waals surface area (Å²) in [6, 6.07) is 16.0. The van der Waals surface area contributed by atoms with E-state index in [4.69, 9.17) is 0 Å². The molecular formula is C19H21N3O. The van der Waals surface area contributed by atoms with Crippen LogP contribution in [0.3, 0.4) is 0 Å². The number of rotatable bonds is 5. The minimum atomic E-state index is 0.00174. The Bertz CT molecular complexity index is 803. The normalized spacial score (nSPS) is 11.1. The molecule has 0 atom stereocenters. The average Bonchev–Trinajstić information content (AvgIpc) is 2.97. The van der Waals surface area contributed by atoms with Crippen molar-refractivity contribution in [2.45, 2.75) is 32.7 Å². The summed E-state index contributed by atoms with van der Waals surface area (Å²) in [5.74, 6) is 0.495. The molecule has 4 heteroatoms. The van der Waals surface area contributed by atoms with E-state index >= 15 is 0 Å². The van der Waals surface area contributed by atoms with Crippen LogP contribution >= 0.6 is 0 Å². The highest BCUT2D eigenvalue weighted by atomic mass is 16.1. The molecule has 0 saturated carbocycles. The first-order valence-electron chi connectivity index (χ1n) is 7.94. The van der Waals surface area contributed by atoms with Crippen molar-refractivity contribution in [2.75, 3.05) is 5.32 Å². The fraction of sp³-hybridized carbons (Fsp3) is 0.263. The number of aryl methyl sites for hydroxylation is 1. The van der Waals surface area contributed by atoms with E-state index in [9.17, 15) is 4.79 Å². The smallest absolute Gasteiger partial charge is 0.226 e. The lowest BCUT2D eigenvalue weighted by molar-refractivity contribution is -0.116. The molecule has 0 aliphatic rings. The van der Waals surface area contributed by atoms with Crippen LogP contribution in [0.25, 0.3) is 10.9 Å². The van der Waals surface area contributed by atoms with Crippen molar-refractivity contribution >= 4 is 22.5 Å². The lowest BCUT2D eigenvalue weighted by Crippen LogP contribution is -2.15. The molecule has 4 nitrogen and oxygen atoms in total. The van der Waals surface area contributed by atoms with Crippen molar-refractivity contribution in [2.24, 2.45) is 0 Å². The van der Waals surface area contributed by atoms with Gasteiger partial charge in [0.05, 0.1) is 18.3 Å². The van der Waals surface area contributed by atoms with E-state index in [2.05, 4.69) is 36.4 Å². The number of aromatic nitrogens is 2. The number of nitrogens with one attached hydrogen (secondary N) is 1. The van der Waals surface area contributed by atoms with Crippen LogP contribution in [0.4, 0.5) is 5.69 Å². The van der Waals surface area contributed by atoms with Gasteiger partial charge in [-0.05, 0) is 29.7 Å². The maximum atomic E-state index is 12.1. The molecule has 23 heavy (non-hydrogen) atoms. The quantitative estimate of drug-likeness (QED) is 0.768. The lowest BCUT2D eigenvalue weighted by Gasteiger charge is -2.09. The van der Waals surface area contributed by atoms with E-state index < -0.39 is 0 Å². The third-order valence-corrected chi connectivity index (χ3v) is 3.96. The Labute approximate surface area is 136 Å². The van der Waals surface area contributed by atoms with Gasteiger partial charge in [0, 0.05) is 17.5 Å². The van der Waals surface area contributed by atoms with Gasteiger partial charge < -0.3 is 5.32 Å². The van der Waals surface area contributed by atoms with Crippen LogP contribution in [0.15, 0.2) is 54.7 Å². The highest BCUT2D eigenvalue weighted by molar-refractivity contribution is 5.90. The summed E-state index contributed by atoms with van der Waals surface area (Å²) >= 11 is 0. The Morgan fingerprint density at radius 3 is 2.61 bits per heavy atom. The molecule has 0 unspecified atom stereocenters. The Morgan fingerprint density at radius 1 is 1.13 bits per heavy atom. The Morgan fingerprint density at radius 2 is 1.87 bits per heavy atom. The zero-order chi connectivity index (χ0) is 16.2. The number of anilines is 1. The van der Waals surface area contributed by atoms with Crippen molar-refractivity contribution in [3.63, 3.8) is 0 Å². The standard InChI is InChI=1S/C19H21N3O/c1-14(2)15-7-9-17(10-8-15)21-19(23)11-12-22-18-6-4-3-5-16(18)13-20-22/h3-10,13-14H,11-12H2,1-2H3,(H,21,23). The van der Waals surface area contributed by atoms with Gasteiger partial charge >= 0.3 is 0 Å². The van der Waals surface area contributed by atoms with Gasteiger partial charge in [0.15, 0.2) is 0 Å². The minimum Gasteiger partial charge on any atom is -0.326 e. The molecule has 0 bridgehead atoms. The SMILES string of the molecule is CC(C)c1ccc(NC(=O)CCn2ncc3ccccc32)cc1. The van der Waals surface area contributed by atoms with Crippen LogP contribution in [0.2, 0.25) is 0 Å². The first-order chi connectivity index (χ1) is 11.1. The predicted molar refractivity (Wildman–Crippen MR) is 93.5 cm³/mol. The Balaban J connectivity index is 1.59. The molecule has 0 saturated heterocycles. The van der Waals surface area contributed by atoms with Crippen LogP contribution in [0, 0.1) is 0 Å². The van der Waals surface area contributed by atoms with Crippen LogP contribution in [0.5, 0.6) is 0 Å². The van der Waals surface area contributed by atoms with Gasteiger partial charge in [0.1, 0.15) is 0 Å². The van der Waals surface area contributed by atoms with Crippen molar-refractivity contribution in [1.82, 2.24) is 9.78 Å². The van der Waals surface area contributed by atoms with Crippen LogP contribution in [-0.2, 0) is 11.3 Å². The molecule has 0 spiro atoms. The number of carbonyl (C=O) groups is 1. The Hall–Kier alpha value is -2.62. The molecule has 3 aromatic rings. The zero-order valence-corrected chi connectivity index (χ0v) is 13.5. The lowest BCUT2D eigenvalue weighted by atomic mass is 10.0. The van der Waals surface area contributed by atoms with Crippen molar-refractivity contribution < 1.29 is 4.79 Å². The molecule has 118 valence electrons. The van der Waals surface area contributed by atoms with E-state index in [1.807, 2.05) is 47.3 Å². The molecule has 1 N–H and O–H groups in total. The van der Waals surface area contributed by atoms with Gasteiger partial charge in [-0.3, -0.25) is 9.48 Å². The number of benzene rings is 2. The summed E-state index contributed by atoms with van der Waals surface area (Å²) < 4.78 is 1.87. The number of hydrogen-bond donors (Lipinski definition) is 1. The van der Waals surface area contributed by atoms with Gasteiger partial charge in [-0.25, -0.2) is 0 Å². The molecule has 2 aromatic carbocycles. The molecule has 1 heterocycles. The number of fused-ring (bicyclic) bond motifs is 1. The van der Waals surface area contributed by atoms with E-state index in [1.165, 1.54) is 5.56 Å². The highest BCUT2D eigenvalue weighted by Gasteiger charge is 2.06. The van der Waals surface area contributed by atoms with Crippen molar-refractivity contribution in [1.29, 1.82) is 0 Å². The fourth-order valence-corrected chi connectivity index (χ4v) is 2.59. The van der Waals surface area contributed by atoms with Gasteiger partial charge in [0.2, 0.25) is 5.91 Å². The van der Waals surface area contributed by atoms with E-state index in [-0.39, 0.29) is 5.91 Å². The number of amides is 1. The maximum absolute atomic E-state index is 12.1. The second-order valence-electron chi connectivity index (χ2n) is 6.00. The maximum Gasteiger partial charge on any atom is 0.226 e. The molecule has 0 fully saturated rings. The van der Waals surface area contributed by atoms with Gasteiger partial charge in [-0.15, -0.1) is 0 Å². The molecule has 1 aromatic heterocycles. The first kappa shape index (κ1) is 15.3. The average molecular weight is 307 g/mol. The molecular weight excluding hydrogens is 286 g/mol. The van der Waals surface area contributed by atoms with Gasteiger partial charge in [-0.1, -0.05) is 44.2 Å². The van der Waals surface area contributed by atoms with Gasteiger partial charge in [0.25, 0.3) is 0 Å². The predicted octanol–water partition coefficient (Wildman–Crippen LogP) is 4.19. The molecule has 0 aliphatic carbocycles. The fourth-order valence-electron chi connectivity index (χ4n) is 2.59. The largest absolute Gasteiger partial charge is 0.326 e. The second kappa shape index (κ2) is 6.65. The first-order valence-corrected chi connectivity index (χ1v) is 7.94. The van der Waals surface area contributed by atoms with Crippen LogP contribution < -0.4 is 5.32 Å². The zero-order valence-electron chi connectivity index (χ0n) is 13.5. The van der Waals surface area contributed by atoms with Crippen molar-refractivity contribution in [3.8, 4) is 0 Å². The topological polar surface area (TPSA) is 46.9 Å². The third-order valence-electron chi connectivity index (χ3n) is 3.96. The summed E-state index contributed by atoms with van der Waals surface area (Å²) in [4.78, 5) is 12.1. The highest BCUT2D eigenvalue weighted by Crippen LogP contribution is 2.17. The molecule has 0 aliphatic heterocycles. The van der Waals surface area contributed by atoms with E-state index in [1.54, 1.807) is 0 Å². The summed E-state index contributed by atoms with van der Waals surface area (Å²) in [6.45, 7) is 4.88. The Kier molecular flexibility index (Phi) is 4.42. The van der Waals surface area contributed by atoms with Gasteiger partial charge in [-0.2, -0.15) is 5.10 Å². The summed E-state index contributed by atoms with van der Waals surface area (Å²) in [5, 5.41) is 8.38. The minimum absolute atomic E-state index is 0.00174. The molecule has 1 amide bonds. The van der Waals surface area contributed by atoms with E-state index in [0.29, 0.717) is 18.9 Å². The second-order valence-corrected chi connectivity index (χ2v) is 6.00. The van der Waals surface area contributed by atoms with Crippen LogP contribution in [0.1, 0.15) is 31.7 Å². The van der Waals surface area contributed by atoms with Crippen molar-refractivity contribution in [3.05, 3.63) is 60.3 Å². The summed E-state index contributed by atoms with van der Waals surface area (Å²) in [7, 11) is 0. The number of carbonyl (C=O) groups excluding carboxylic acids is 1. The number of para-hydroxylation sites is 1. The number of hydrogen-bond acceptors (Lipinski definition) is 2. The summed E-state index contributed by atoms with van der Waals surface area (Å²) in [6.07, 6.45) is 2.23. The molecule has 3 rings (SSSR count). The van der Waals surface area contributed by atoms with E-state index in [0.717, 1.165) is 16.6 Å². The molecule has 0 radical (unpaired) electrons. The number of nitrogens with zero attached hydrogens (tertiary/aromatic N) is 2. The summed E-state index contributed by atoms with van der Waals surface area (Å²) in [5.41, 5.74) is 3.16.